The predicted octanol–water partition coefficient (Wildman–Crippen LogP) is 4.43. The van der Waals surface area contributed by atoms with Crippen molar-refractivity contribution in [2.24, 2.45) is 11.7 Å². The summed E-state index contributed by atoms with van der Waals surface area (Å²) in [5.74, 6) is 0.939. The summed E-state index contributed by atoms with van der Waals surface area (Å²) in [6.07, 6.45) is -3.23. The van der Waals surface area contributed by atoms with E-state index in [-0.39, 0.29) is 0 Å². The molecule has 1 fully saturated rings. The Balaban J connectivity index is 1.94. The Morgan fingerprint density at radius 2 is 1.67 bits per heavy atom. The maximum atomic E-state index is 12.6. The van der Waals surface area contributed by atoms with Crippen LogP contribution in [0.1, 0.15) is 23.5 Å². The van der Waals surface area contributed by atoms with Crippen LogP contribution in [-0.4, -0.2) is 6.54 Å². The second-order valence-corrected chi connectivity index (χ2v) is 5.50. The fourth-order valence-electron chi connectivity index (χ4n) is 2.81. The van der Waals surface area contributed by atoms with Gasteiger partial charge < -0.3 is 5.73 Å². The maximum absolute atomic E-state index is 12.6. The quantitative estimate of drug-likeness (QED) is 0.889. The van der Waals surface area contributed by atoms with Crippen LogP contribution in [0.2, 0.25) is 0 Å². The van der Waals surface area contributed by atoms with Gasteiger partial charge in [0.15, 0.2) is 0 Å². The molecule has 2 atom stereocenters. The molecule has 21 heavy (non-hydrogen) atoms. The SMILES string of the molecule is NC[C@@H]1C[C@H]1c1ccccc1-c1ccc(C(F)(F)F)cc1. The van der Waals surface area contributed by atoms with Gasteiger partial charge in [0.25, 0.3) is 0 Å². The van der Waals surface area contributed by atoms with Gasteiger partial charge in [-0.05, 0) is 53.6 Å². The van der Waals surface area contributed by atoms with Crippen molar-refractivity contribution in [1.82, 2.24) is 0 Å². The Kier molecular flexibility index (Phi) is 3.49. The fraction of sp³-hybridized carbons (Fsp3) is 0.294. The lowest BCUT2D eigenvalue weighted by Gasteiger charge is -2.11. The van der Waals surface area contributed by atoms with Crippen molar-refractivity contribution in [2.45, 2.75) is 18.5 Å². The van der Waals surface area contributed by atoms with E-state index in [9.17, 15) is 13.2 Å². The van der Waals surface area contributed by atoms with Crippen LogP contribution in [0.25, 0.3) is 11.1 Å². The Morgan fingerprint density at radius 3 is 2.24 bits per heavy atom. The molecular weight excluding hydrogens is 275 g/mol. The molecule has 2 N–H and O–H groups in total. The molecule has 0 aromatic heterocycles. The zero-order chi connectivity index (χ0) is 15.0. The van der Waals surface area contributed by atoms with Gasteiger partial charge >= 0.3 is 6.18 Å². The molecule has 2 aromatic rings. The van der Waals surface area contributed by atoms with Crippen LogP contribution in [0.4, 0.5) is 13.2 Å². The van der Waals surface area contributed by atoms with Crippen LogP contribution in [0.3, 0.4) is 0 Å². The van der Waals surface area contributed by atoms with Gasteiger partial charge in [-0.2, -0.15) is 13.2 Å². The van der Waals surface area contributed by atoms with Gasteiger partial charge in [-0.25, -0.2) is 0 Å². The van der Waals surface area contributed by atoms with Crippen LogP contribution in [0.5, 0.6) is 0 Å². The molecule has 0 unspecified atom stereocenters. The van der Waals surface area contributed by atoms with Gasteiger partial charge in [-0.1, -0.05) is 36.4 Å². The molecule has 0 radical (unpaired) electrons. The Bertz CT molecular complexity index is 631. The molecule has 1 saturated carbocycles. The average molecular weight is 291 g/mol. The molecule has 110 valence electrons. The third-order valence-electron chi connectivity index (χ3n) is 4.11. The fourth-order valence-corrected chi connectivity index (χ4v) is 2.81. The van der Waals surface area contributed by atoms with Gasteiger partial charge in [0.05, 0.1) is 5.56 Å². The van der Waals surface area contributed by atoms with E-state index < -0.39 is 11.7 Å². The van der Waals surface area contributed by atoms with Gasteiger partial charge in [-0.15, -0.1) is 0 Å². The Hall–Kier alpha value is -1.81. The Morgan fingerprint density at radius 1 is 1.00 bits per heavy atom. The molecule has 1 aliphatic rings. The zero-order valence-corrected chi connectivity index (χ0v) is 11.4. The second kappa shape index (κ2) is 5.19. The van der Waals surface area contributed by atoms with Crippen molar-refractivity contribution < 1.29 is 13.2 Å². The first-order chi connectivity index (χ1) is 10.0. The summed E-state index contributed by atoms with van der Waals surface area (Å²) in [5.41, 5.74) is 8.09. The first kappa shape index (κ1) is 14.1. The van der Waals surface area contributed by atoms with Crippen molar-refractivity contribution in [3.05, 3.63) is 59.7 Å². The van der Waals surface area contributed by atoms with Crippen molar-refractivity contribution in [3.63, 3.8) is 0 Å². The van der Waals surface area contributed by atoms with Crippen LogP contribution >= 0.6 is 0 Å². The molecular formula is C17H16F3N. The highest BCUT2D eigenvalue weighted by Crippen LogP contribution is 2.49. The number of alkyl halides is 3. The van der Waals surface area contributed by atoms with E-state index in [0.29, 0.717) is 18.4 Å². The number of hydrogen-bond acceptors (Lipinski definition) is 1. The molecule has 1 nitrogen and oxygen atoms in total. The van der Waals surface area contributed by atoms with Gasteiger partial charge in [0.1, 0.15) is 0 Å². The molecule has 0 bridgehead atoms. The van der Waals surface area contributed by atoms with Crippen LogP contribution < -0.4 is 5.73 Å². The minimum Gasteiger partial charge on any atom is -0.330 e. The number of benzene rings is 2. The lowest BCUT2D eigenvalue weighted by molar-refractivity contribution is -0.137. The molecule has 2 aromatic carbocycles. The summed E-state index contributed by atoms with van der Waals surface area (Å²) in [6.45, 7) is 0.659. The number of rotatable bonds is 3. The van der Waals surface area contributed by atoms with Crippen molar-refractivity contribution in [3.8, 4) is 11.1 Å². The summed E-state index contributed by atoms with van der Waals surface area (Å²) in [4.78, 5) is 0. The smallest absolute Gasteiger partial charge is 0.330 e. The highest BCUT2D eigenvalue weighted by atomic mass is 19.4. The third kappa shape index (κ3) is 2.81. The normalized spacial score (nSPS) is 21.3. The summed E-state index contributed by atoms with van der Waals surface area (Å²) in [6, 6.07) is 13.3. The van der Waals surface area contributed by atoms with Crippen LogP contribution in [0, 0.1) is 5.92 Å². The maximum Gasteiger partial charge on any atom is 0.416 e. The van der Waals surface area contributed by atoms with Gasteiger partial charge in [0, 0.05) is 0 Å². The zero-order valence-electron chi connectivity index (χ0n) is 11.4. The van der Waals surface area contributed by atoms with Crippen LogP contribution in [-0.2, 0) is 6.18 Å². The lowest BCUT2D eigenvalue weighted by atomic mass is 9.95. The van der Waals surface area contributed by atoms with Crippen molar-refractivity contribution >= 4 is 0 Å². The van der Waals surface area contributed by atoms with Gasteiger partial charge in [0.2, 0.25) is 0 Å². The van der Waals surface area contributed by atoms with E-state index in [1.54, 1.807) is 12.1 Å². The number of halogens is 3. The minimum atomic E-state index is -4.29. The van der Waals surface area contributed by atoms with Gasteiger partial charge in [-0.3, -0.25) is 0 Å². The van der Waals surface area contributed by atoms with Crippen molar-refractivity contribution in [2.75, 3.05) is 6.54 Å². The minimum absolute atomic E-state index is 0.438. The molecule has 0 saturated heterocycles. The molecule has 4 heteroatoms. The van der Waals surface area contributed by atoms with E-state index in [2.05, 4.69) is 0 Å². The molecule has 0 aliphatic heterocycles. The van der Waals surface area contributed by atoms with Crippen LogP contribution in [0.15, 0.2) is 48.5 Å². The largest absolute Gasteiger partial charge is 0.416 e. The molecule has 3 rings (SSSR count). The third-order valence-corrected chi connectivity index (χ3v) is 4.11. The predicted molar refractivity (Wildman–Crippen MR) is 76.8 cm³/mol. The monoisotopic (exact) mass is 291 g/mol. The van der Waals surface area contributed by atoms with E-state index >= 15 is 0 Å². The molecule has 0 amide bonds. The number of hydrogen-bond donors (Lipinski definition) is 1. The van der Waals surface area contributed by atoms with E-state index in [4.69, 9.17) is 5.73 Å². The summed E-state index contributed by atoms with van der Waals surface area (Å²) >= 11 is 0. The van der Waals surface area contributed by atoms with Crippen molar-refractivity contribution in [1.29, 1.82) is 0 Å². The van der Waals surface area contributed by atoms with E-state index in [1.807, 2.05) is 24.3 Å². The summed E-state index contributed by atoms with van der Waals surface area (Å²) < 4.78 is 37.9. The topological polar surface area (TPSA) is 26.0 Å². The first-order valence-electron chi connectivity index (χ1n) is 6.97. The van der Waals surface area contributed by atoms with E-state index in [1.165, 1.54) is 5.56 Å². The molecule has 0 spiro atoms. The summed E-state index contributed by atoms with van der Waals surface area (Å²) in [7, 11) is 0. The van der Waals surface area contributed by atoms with E-state index in [0.717, 1.165) is 29.7 Å². The molecule has 0 heterocycles. The highest BCUT2D eigenvalue weighted by molar-refractivity contribution is 5.69. The molecule has 1 aliphatic carbocycles. The summed E-state index contributed by atoms with van der Waals surface area (Å²) in [5, 5.41) is 0. The standard InChI is InChI=1S/C17H16F3N/c18-17(19,20)13-7-5-11(6-8-13)14-3-1-2-4-15(14)16-9-12(16)10-21/h1-8,12,16H,9-10,21H2/t12-,16+/m0/s1. The number of nitrogens with two attached hydrogens (primary N) is 1. The first-order valence-corrected chi connectivity index (χ1v) is 6.97. The second-order valence-electron chi connectivity index (χ2n) is 5.50. The Labute approximate surface area is 121 Å². The lowest BCUT2D eigenvalue weighted by Crippen LogP contribution is -2.04. The highest BCUT2D eigenvalue weighted by Gasteiger charge is 2.38. The average Bonchev–Trinajstić information content (AvgIpc) is 3.26.